The van der Waals surface area contributed by atoms with Crippen LogP contribution in [-0.4, -0.2) is 21.8 Å². The molecule has 0 amide bonds. The van der Waals surface area contributed by atoms with E-state index < -0.39 is 11.6 Å². The molecule has 0 spiro atoms. The second kappa shape index (κ2) is 3.89. The summed E-state index contributed by atoms with van der Waals surface area (Å²) in [4.78, 5) is 11.1. The maximum Gasteiger partial charge on any atom is 0.335 e. The molecule has 1 aliphatic carbocycles. The molecule has 0 radical (unpaired) electrons. The van der Waals surface area contributed by atoms with Gasteiger partial charge in [0.2, 0.25) is 0 Å². The Morgan fingerprint density at radius 2 is 2.00 bits per heavy atom. The molecule has 3 heteroatoms. The molecule has 1 saturated carbocycles. The van der Waals surface area contributed by atoms with Crippen LogP contribution in [0.1, 0.15) is 40.0 Å². The van der Waals surface area contributed by atoms with Crippen LogP contribution in [0.2, 0.25) is 0 Å². The molecule has 0 aliphatic heterocycles. The third kappa shape index (κ3) is 1.92. The van der Waals surface area contributed by atoms with Crippen LogP contribution in [0.3, 0.4) is 0 Å². The first-order chi connectivity index (χ1) is 6.38. The van der Waals surface area contributed by atoms with Gasteiger partial charge in [0.15, 0.2) is 5.60 Å². The Morgan fingerprint density at radius 3 is 2.43 bits per heavy atom. The van der Waals surface area contributed by atoms with Crippen LogP contribution in [0.4, 0.5) is 0 Å². The molecule has 82 valence electrons. The Kier molecular flexibility index (Phi) is 3.20. The standard InChI is InChI=1S/C11H20O3/c1-7(2)9-5-4-8(3)6-11(9,14)10(12)13/h7-9,14H,4-6H2,1-3H3,(H,12,13)/t8-,9+,11-/m0/s1. The fraction of sp³-hybridized carbons (Fsp3) is 0.909. The summed E-state index contributed by atoms with van der Waals surface area (Å²) in [6.45, 7) is 5.97. The van der Waals surface area contributed by atoms with Crippen LogP contribution in [-0.2, 0) is 4.79 Å². The van der Waals surface area contributed by atoms with E-state index in [0.29, 0.717) is 12.3 Å². The molecule has 2 N–H and O–H groups in total. The van der Waals surface area contributed by atoms with Crippen LogP contribution in [0.25, 0.3) is 0 Å². The first kappa shape index (κ1) is 11.5. The Balaban J connectivity index is 2.88. The molecule has 1 rings (SSSR count). The third-order valence-corrected chi connectivity index (χ3v) is 3.42. The second-order valence-corrected chi connectivity index (χ2v) is 4.97. The summed E-state index contributed by atoms with van der Waals surface area (Å²) in [7, 11) is 0. The van der Waals surface area contributed by atoms with Gasteiger partial charge in [-0.05, 0) is 24.7 Å². The number of carboxylic acid groups (broad SMARTS) is 1. The number of hydrogen-bond donors (Lipinski definition) is 2. The molecule has 0 aromatic rings. The highest BCUT2D eigenvalue weighted by Gasteiger charge is 2.48. The first-order valence-corrected chi connectivity index (χ1v) is 5.33. The van der Waals surface area contributed by atoms with Crippen molar-refractivity contribution < 1.29 is 15.0 Å². The van der Waals surface area contributed by atoms with Gasteiger partial charge < -0.3 is 10.2 Å². The van der Waals surface area contributed by atoms with E-state index in [1.807, 2.05) is 20.8 Å². The summed E-state index contributed by atoms with van der Waals surface area (Å²) in [5, 5.41) is 19.2. The third-order valence-electron chi connectivity index (χ3n) is 3.42. The molecule has 0 aromatic carbocycles. The molecule has 14 heavy (non-hydrogen) atoms. The monoisotopic (exact) mass is 200 g/mol. The summed E-state index contributed by atoms with van der Waals surface area (Å²) in [6, 6.07) is 0. The highest BCUT2D eigenvalue weighted by molar-refractivity contribution is 5.77. The van der Waals surface area contributed by atoms with Crippen LogP contribution in [0, 0.1) is 17.8 Å². The number of rotatable bonds is 2. The van der Waals surface area contributed by atoms with Crippen LogP contribution in [0.5, 0.6) is 0 Å². The van der Waals surface area contributed by atoms with E-state index in [-0.39, 0.29) is 11.8 Å². The zero-order valence-corrected chi connectivity index (χ0v) is 9.16. The predicted molar refractivity (Wildman–Crippen MR) is 53.9 cm³/mol. The lowest BCUT2D eigenvalue weighted by Crippen LogP contribution is -2.51. The predicted octanol–water partition coefficient (Wildman–Crippen LogP) is 1.89. The zero-order chi connectivity index (χ0) is 10.9. The Hall–Kier alpha value is -0.570. The molecule has 0 bridgehead atoms. The summed E-state index contributed by atoms with van der Waals surface area (Å²) >= 11 is 0. The molecular weight excluding hydrogens is 180 g/mol. The smallest absolute Gasteiger partial charge is 0.335 e. The average molecular weight is 200 g/mol. The van der Waals surface area contributed by atoms with Gasteiger partial charge in [0.1, 0.15) is 0 Å². The van der Waals surface area contributed by atoms with E-state index in [1.165, 1.54) is 0 Å². The van der Waals surface area contributed by atoms with Crippen molar-refractivity contribution in [1.29, 1.82) is 0 Å². The van der Waals surface area contributed by atoms with Crippen molar-refractivity contribution in [1.82, 2.24) is 0 Å². The van der Waals surface area contributed by atoms with Gasteiger partial charge in [0.25, 0.3) is 0 Å². The van der Waals surface area contributed by atoms with E-state index >= 15 is 0 Å². The fourth-order valence-corrected chi connectivity index (χ4v) is 2.62. The summed E-state index contributed by atoms with van der Waals surface area (Å²) < 4.78 is 0. The Morgan fingerprint density at radius 1 is 1.43 bits per heavy atom. The van der Waals surface area contributed by atoms with E-state index in [2.05, 4.69) is 0 Å². The SMILES string of the molecule is CC(C)[C@H]1CC[C@H](C)C[C@@]1(O)C(=O)O. The molecule has 0 heterocycles. The van der Waals surface area contributed by atoms with Crippen molar-refractivity contribution in [3.05, 3.63) is 0 Å². The number of carbonyl (C=O) groups is 1. The lowest BCUT2D eigenvalue weighted by molar-refractivity contribution is -0.174. The van der Waals surface area contributed by atoms with E-state index in [9.17, 15) is 9.90 Å². The van der Waals surface area contributed by atoms with Gasteiger partial charge in [-0.1, -0.05) is 27.2 Å². The number of aliphatic hydroxyl groups is 1. The minimum atomic E-state index is -1.49. The van der Waals surface area contributed by atoms with Gasteiger partial charge in [-0.2, -0.15) is 0 Å². The summed E-state index contributed by atoms with van der Waals surface area (Å²) in [5.41, 5.74) is -1.49. The summed E-state index contributed by atoms with van der Waals surface area (Å²) in [6.07, 6.45) is 2.24. The maximum atomic E-state index is 11.1. The molecule has 0 aromatic heterocycles. The van der Waals surface area contributed by atoms with E-state index in [4.69, 9.17) is 5.11 Å². The van der Waals surface area contributed by atoms with E-state index in [0.717, 1.165) is 12.8 Å². The molecular formula is C11H20O3. The quantitative estimate of drug-likeness (QED) is 0.715. The lowest BCUT2D eigenvalue weighted by Gasteiger charge is -2.41. The average Bonchev–Trinajstić information content (AvgIpc) is 2.02. The Labute approximate surface area is 85.1 Å². The highest BCUT2D eigenvalue weighted by atomic mass is 16.4. The molecule has 1 fully saturated rings. The molecule has 1 aliphatic rings. The van der Waals surface area contributed by atoms with Crippen LogP contribution in [0.15, 0.2) is 0 Å². The number of carboxylic acids is 1. The minimum Gasteiger partial charge on any atom is -0.479 e. The normalized spacial score (nSPS) is 38.6. The minimum absolute atomic E-state index is 0.101. The second-order valence-electron chi connectivity index (χ2n) is 4.97. The highest BCUT2D eigenvalue weighted by Crippen LogP contribution is 2.41. The number of hydrogen-bond acceptors (Lipinski definition) is 2. The van der Waals surface area contributed by atoms with Crippen molar-refractivity contribution in [2.24, 2.45) is 17.8 Å². The lowest BCUT2D eigenvalue weighted by atomic mass is 9.67. The topological polar surface area (TPSA) is 57.5 Å². The van der Waals surface area contributed by atoms with Crippen molar-refractivity contribution >= 4 is 5.97 Å². The first-order valence-electron chi connectivity index (χ1n) is 5.33. The molecule has 0 saturated heterocycles. The molecule has 3 nitrogen and oxygen atoms in total. The van der Waals surface area contributed by atoms with Gasteiger partial charge >= 0.3 is 5.97 Å². The van der Waals surface area contributed by atoms with Gasteiger partial charge in [-0.3, -0.25) is 0 Å². The van der Waals surface area contributed by atoms with Crippen molar-refractivity contribution in [3.63, 3.8) is 0 Å². The largest absolute Gasteiger partial charge is 0.479 e. The van der Waals surface area contributed by atoms with Crippen molar-refractivity contribution in [2.75, 3.05) is 0 Å². The van der Waals surface area contributed by atoms with Gasteiger partial charge in [0, 0.05) is 5.92 Å². The summed E-state index contributed by atoms with van der Waals surface area (Å²) in [5.74, 6) is -0.617. The fourth-order valence-electron chi connectivity index (χ4n) is 2.62. The number of aliphatic carboxylic acids is 1. The van der Waals surface area contributed by atoms with Gasteiger partial charge in [0.05, 0.1) is 0 Å². The van der Waals surface area contributed by atoms with Crippen LogP contribution >= 0.6 is 0 Å². The van der Waals surface area contributed by atoms with Gasteiger partial charge in [-0.15, -0.1) is 0 Å². The Bertz CT molecular complexity index is 225. The molecule has 0 unspecified atom stereocenters. The van der Waals surface area contributed by atoms with Crippen LogP contribution < -0.4 is 0 Å². The van der Waals surface area contributed by atoms with Gasteiger partial charge in [-0.25, -0.2) is 4.79 Å². The zero-order valence-electron chi connectivity index (χ0n) is 9.16. The van der Waals surface area contributed by atoms with Crippen molar-refractivity contribution in [3.8, 4) is 0 Å². The van der Waals surface area contributed by atoms with Crippen molar-refractivity contribution in [2.45, 2.75) is 45.6 Å². The maximum absolute atomic E-state index is 11.1. The molecule has 3 atom stereocenters. The van der Waals surface area contributed by atoms with E-state index in [1.54, 1.807) is 0 Å².